The first-order valence-corrected chi connectivity index (χ1v) is 4.63. The Morgan fingerprint density at radius 2 is 2.23 bits per heavy atom. The average molecular weight is 197 g/mol. The molecule has 0 spiro atoms. The van der Waals surface area contributed by atoms with Crippen molar-refractivity contribution in [3.05, 3.63) is 18.0 Å². The van der Waals surface area contributed by atoms with Gasteiger partial charge in [-0.15, -0.1) is 0 Å². The van der Waals surface area contributed by atoms with Crippen LogP contribution in [0.1, 0.15) is 26.3 Å². The second-order valence-corrected chi connectivity index (χ2v) is 4.63. The molecule has 0 amide bonds. The van der Waals surface area contributed by atoms with Crippen molar-refractivity contribution in [2.45, 2.75) is 32.7 Å². The highest BCUT2D eigenvalue weighted by atomic mass is 32.1. The van der Waals surface area contributed by atoms with Crippen LogP contribution < -0.4 is 5.73 Å². The zero-order valence-corrected chi connectivity index (χ0v) is 9.06. The normalized spacial score (nSPS) is 11.6. The van der Waals surface area contributed by atoms with E-state index in [-0.39, 0.29) is 5.54 Å². The summed E-state index contributed by atoms with van der Waals surface area (Å²) in [5.74, 6) is 0. The molecule has 1 aromatic heterocycles. The molecule has 13 heavy (non-hydrogen) atoms. The van der Waals surface area contributed by atoms with Gasteiger partial charge in [-0.3, -0.25) is 4.68 Å². The molecule has 0 radical (unpaired) electrons. The van der Waals surface area contributed by atoms with E-state index in [9.17, 15) is 0 Å². The molecule has 0 saturated carbocycles. The van der Waals surface area contributed by atoms with E-state index in [1.807, 2.05) is 17.1 Å². The lowest BCUT2D eigenvalue weighted by Crippen LogP contribution is -2.22. The number of aromatic nitrogens is 2. The number of nitrogens with zero attached hydrogens (tertiary/aromatic N) is 2. The fourth-order valence-corrected chi connectivity index (χ4v) is 1.19. The first-order valence-electron chi connectivity index (χ1n) is 4.22. The van der Waals surface area contributed by atoms with Crippen LogP contribution in [0.15, 0.2) is 12.4 Å². The van der Waals surface area contributed by atoms with Gasteiger partial charge in [-0.25, -0.2) is 0 Å². The summed E-state index contributed by atoms with van der Waals surface area (Å²) >= 11 is 4.82. The summed E-state index contributed by atoms with van der Waals surface area (Å²) in [6.45, 7) is 6.31. The zero-order valence-electron chi connectivity index (χ0n) is 8.24. The molecule has 0 aromatic carbocycles. The molecule has 0 aliphatic rings. The molecule has 1 rings (SSSR count). The summed E-state index contributed by atoms with van der Waals surface area (Å²) in [5, 5.41) is 4.24. The topological polar surface area (TPSA) is 43.8 Å². The van der Waals surface area contributed by atoms with Crippen molar-refractivity contribution >= 4 is 17.2 Å². The molecule has 2 N–H and O–H groups in total. The first-order chi connectivity index (χ1) is 5.89. The van der Waals surface area contributed by atoms with Crippen LogP contribution in [0.25, 0.3) is 0 Å². The van der Waals surface area contributed by atoms with E-state index >= 15 is 0 Å². The summed E-state index contributed by atoms with van der Waals surface area (Å²) in [7, 11) is 0. The number of rotatable bonds is 2. The van der Waals surface area contributed by atoms with Gasteiger partial charge >= 0.3 is 0 Å². The monoisotopic (exact) mass is 197 g/mol. The van der Waals surface area contributed by atoms with E-state index in [4.69, 9.17) is 18.0 Å². The summed E-state index contributed by atoms with van der Waals surface area (Å²) < 4.78 is 1.92. The molecule has 3 nitrogen and oxygen atoms in total. The van der Waals surface area contributed by atoms with E-state index < -0.39 is 0 Å². The van der Waals surface area contributed by atoms with Crippen molar-refractivity contribution in [2.24, 2.45) is 5.73 Å². The number of nitrogens with two attached hydrogens (primary N) is 1. The average Bonchev–Trinajstić information content (AvgIpc) is 2.32. The molecule has 4 heteroatoms. The minimum Gasteiger partial charge on any atom is -0.393 e. The van der Waals surface area contributed by atoms with Gasteiger partial charge in [-0.05, 0) is 26.3 Å². The molecule has 0 atom stereocenters. The van der Waals surface area contributed by atoms with Crippen molar-refractivity contribution in [1.82, 2.24) is 9.78 Å². The Labute approximate surface area is 83.9 Å². The van der Waals surface area contributed by atoms with Crippen molar-refractivity contribution in [2.75, 3.05) is 0 Å². The van der Waals surface area contributed by atoms with E-state index in [1.165, 1.54) is 0 Å². The molecule has 0 saturated heterocycles. The highest BCUT2D eigenvalue weighted by Crippen LogP contribution is 2.13. The maximum Gasteiger partial charge on any atom is 0.0772 e. The van der Waals surface area contributed by atoms with Crippen LogP contribution in [0.3, 0.4) is 0 Å². The lowest BCUT2D eigenvalue weighted by molar-refractivity contribution is 0.355. The minimum absolute atomic E-state index is 0.0223. The van der Waals surface area contributed by atoms with Crippen molar-refractivity contribution < 1.29 is 0 Å². The first kappa shape index (κ1) is 10.2. The molecule has 0 fully saturated rings. The number of hydrogen-bond acceptors (Lipinski definition) is 2. The van der Waals surface area contributed by atoms with Gasteiger partial charge in [0.05, 0.1) is 16.7 Å². The van der Waals surface area contributed by atoms with Gasteiger partial charge in [0.2, 0.25) is 0 Å². The predicted octanol–water partition coefficient (Wildman–Crippen LogP) is 1.47. The maximum absolute atomic E-state index is 5.44. The van der Waals surface area contributed by atoms with Crippen LogP contribution >= 0.6 is 12.2 Å². The largest absolute Gasteiger partial charge is 0.393 e. The predicted molar refractivity (Wildman–Crippen MR) is 57.7 cm³/mol. The fourth-order valence-electron chi connectivity index (χ4n) is 1.02. The smallest absolute Gasteiger partial charge is 0.0772 e. The second kappa shape index (κ2) is 3.46. The van der Waals surface area contributed by atoms with Gasteiger partial charge in [0.1, 0.15) is 0 Å². The molecule has 0 unspecified atom stereocenters. The van der Waals surface area contributed by atoms with Crippen LogP contribution in [0.4, 0.5) is 0 Å². The standard InChI is InChI=1S/C9H15N3S/c1-9(2,3)12-6-7(5-11-12)4-8(10)13/h5-6H,4H2,1-3H3,(H2,10,13). The van der Waals surface area contributed by atoms with Crippen molar-refractivity contribution in [3.8, 4) is 0 Å². The third-order valence-electron chi connectivity index (χ3n) is 1.70. The number of hydrogen-bond donors (Lipinski definition) is 1. The molecule has 1 aromatic rings. The third-order valence-corrected chi connectivity index (χ3v) is 1.85. The maximum atomic E-state index is 5.44. The highest BCUT2D eigenvalue weighted by molar-refractivity contribution is 7.80. The van der Waals surface area contributed by atoms with Gasteiger partial charge < -0.3 is 5.73 Å². The summed E-state index contributed by atoms with van der Waals surface area (Å²) in [6, 6.07) is 0. The van der Waals surface area contributed by atoms with E-state index in [0.717, 1.165) is 5.56 Å². The highest BCUT2D eigenvalue weighted by Gasteiger charge is 2.13. The minimum atomic E-state index is 0.0223. The van der Waals surface area contributed by atoms with Gasteiger partial charge in [-0.1, -0.05) is 12.2 Å². The van der Waals surface area contributed by atoms with Crippen molar-refractivity contribution in [3.63, 3.8) is 0 Å². The Balaban J connectivity index is 2.81. The SMILES string of the molecule is CC(C)(C)n1cc(CC(N)=S)cn1. The Morgan fingerprint density at radius 3 is 2.62 bits per heavy atom. The Kier molecular flexibility index (Phi) is 2.71. The van der Waals surface area contributed by atoms with Crippen LogP contribution in [0.2, 0.25) is 0 Å². The van der Waals surface area contributed by atoms with Gasteiger partial charge in [-0.2, -0.15) is 5.10 Å². The second-order valence-electron chi connectivity index (χ2n) is 4.11. The van der Waals surface area contributed by atoms with Crippen LogP contribution in [0, 0.1) is 0 Å². The van der Waals surface area contributed by atoms with Crippen LogP contribution in [0.5, 0.6) is 0 Å². The fraction of sp³-hybridized carbons (Fsp3) is 0.556. The van der Waals surface area contributed by atoms with E-state index in [1.54, 1.807) is 0 Å². The molecular formula is C9H15N3S. The third kappa shape index (κ3) is 2.81. The summed E-state index contributed by atoms with van der Waals surface area (Å²) in [5.41, 5.74) is 6.53. The lowest BCUT2D eigenvalue weighted by Gasteiger charge is -2.18. The van der Waals surface area contributed by atoms with Crippen LogP contribution in [-0.2, 0) is 12.0 Å². The molecule has 0 aliphatic heterocycles. The van der Waals surface area contributed by atoms with Gasteiger partial charge in [0, 0.05) is 12.6 Å². The van der Waals surface area contributed by atoms with E-state index in [0.29, 0.717) is 11.4 Å². The Bertz CT molecular complexity index is 309. The Morgan fingerprint density at radius 1 is 1.62 bits per heavy atom. The van der Waals surface area contributed by atoms with Crippen molar-refractivity contribution in [1.29, 1.82) is 0 Å². The zero-order chi connectivity index (χ0) is 10.1. The quantitative estimate of drug-likeness (QED) is 0.730. The molecule has 0 bridgehead atoms. The number of thiocarbonyl (C=S) groups is 1. The summed E-state index contributed by atoms with van der Waals surface area (Å²) in [4.78, 5) is 0.508. The lowest BCUT2D eigenvalue weighted by atomic mass is 10.1. The van der Waals surface area contributed by atoms with E-state index in [2.05, 4.69) is 25.9 Å². The summed E-state index contributed by atoms with van der Waals surface area (Å²) in [6.07, 6.45) is 4.43. The molecule has 72 valence electrons. The Hall–Kier alpha value is -0.900. The molecule has 1 heterocycles. The van der Waals surface area contributed by atoms with Crippen LogP contribution in [-0.4, -0.2) is 14.8 Å². The molecular weight excluding hydrogens is 182 g/mol. The van der Waals surface area contributed by atoms with Gasteiger partial charge in [0.15, 0.2) is 0 Å². The van der Waals surface area contributed by atoms with Gasteiger partial charge in [0.25, 0.3) is 0 Å². The molecule has 0 aliphatic carbocycles.